The van der Waals surface area contributed by atoms with Crippen LogP contribution in [0.1, 0.15) is 25.3 Å². The Bertz CT molecular complexity index is 668. The van der Waals surface area contributed by atoms with Crippen LogP contribution in [0.4, 0.5) is 5.69 Å². The molecule has 0 amide bonds. The molecule has 0 saturated carbocycles. The molecule has 2 heterocycles. The van der Waals surface area contributed by atoms with Crippen molar-refractivity contribution < 1.29 is 0 Å². The number of hydrogen-bond acceptors (Lipinski definition) is 4. The molecule has 1 aliphatic rings. The summed E-state index contributed by atoms with van der Waals surface area (Å²) >= 11 is 0. The van der Waals surface area contributed by atoms with Crippen LogP contribution in [0, 0.1) is 11.3 Å². The Labute approximate surface area is 125 Å². The molecule has 1 unspecified atom stereocenters. The Balaban J connectivity index is 2.05. The third kappa shape index (κ3) is 2.70. The summed E-state index contributed by atoms with van der Waals surface area (Å²) in [5.41, 5.74) is 2.64. The van der Waals surface area contributed by atoms with Crippen molar-refractivity contribution in [3.8, 4) is 6.07 Å². The normalized spacial score (nSPS) is 17.8. The molecule has 2 aromatic rings. The summed E-state index contributed by atoms with van der Waals surface area (Å²) < 4.78 is 0. The smallest absolute Gasteiger partial charge is 0.103 e. The van der Waals surface area contributed by atoms with Crippen LogP contribution in [0.5, 0.6) is 0 Å². The summed E-state index contributed by atoms with van der Waals surface area (Å²) in [6.07, 6.45) is 4.15. The minimum Gasteiger partial charge on any atom is -0.369 e. The molecule has 1 N–H and O–H groups in total. The average molecular weight is 280 g/mol. The van der Waals surface area contributed by atoms with Crippen molar-refractivity contribution in [1.82, 2.24) is 10.3 Å². The van der Waals surface area contributed by atoms with E-state index in [2.05, 4.69) is 34.3 Å². The van der Waals surface area contributed by atoms with Crippen molar-refractivity contribution in [2.75, 3.05) is 24.5 Å². The van der Waals surface area contributed by atoms with Crippen LogP contribution >= 0.6 is 0 Å². The van der Waals surface area contributed by atoms with Crippen molar-refractivity contribution in [3.05, 3.63) is 36.0 Å². The lowest BCUT2D eigenvalue weighted by atomic mass is 10.1. The summed E-state index contributed by atoms with van der Waals surface area (Å²) in [6, 6.07) is 10.9. The number of likely N-dealkylation sites (N-methyl/N-ethyl adjacent to an activating group) is 1. The van der Waals surface area contributed by atoms with Gasteiger partial charge in [-0.1, -0.05) is 18.2 Å². The van der Waals surface area contributed by atoms with Gasteiger partial charge in [0.2, 0.25) is 0 Å². The Kier molecular flexibility index (Phi) is 4.03. The van der Waals surface area contributed by atoms with Crippen molar-refractivity contribution in [2.24, 2.45) is 0 Å². The summed E-state index contributed by atoms with van der Waals surface area (Å²) in [4.78, 5) is 6.71. The van der Waals surface area contributed by atoms with E-state index in [9.17, 15) is 5.26 Å². The maximum atomic E-state index is 9.45. The maximum Gasteiger partial charge on any atom is 0.103 e. The fourth-order valence-electron chi connectivity index (χ4n) is 3.11. The number of rotatable bonds is 4. The van der Waals surface area contributed by atoms with E-state index >= 15 is 0 Å². The van der Waals surface area contributed by atoms with E-state index in [1.807, 2.05) is 18.2 Å². The number of pyridine rings is 1. The quantitative estimate of drug-likeness (QED) is 0.935. The van der Waals surface area contributed by atoms with E-state index in [1.165, 1.54) is 12.8 Å². The van der Waals surface area contributed by atoms with Gasteiger partial charge in [-0.15, -0.1) is 0 Å². The Morgan fingerprint density at radius 1 is 1.43 bits per heavy atom. The zero-order valence-electron chi connectivity index (χ0n) is 12.3. The van der Waals surface area contributed by atoms with Gasteiger partial charge < -0.3 is 10.2 Å². The van der Waals surface area contributed by atoms with Gasteiger partial charge in [-0.05, 0) is 32.4 Å². The van der Waals surface area contributed by atoms with Crippen LogP contribution in [-0.4, -0.2) is 30.7 Å². The zero-order valence-corrected chi connectivity index (χ0v) is 12.3. The van der Waals surface area contributed by atoms with Crippen molar-refractivity contribution in [3.63, 3.8) is 0 Å². The highest BCUT2D eigenvalue weighted by molar-refractivity contribution is 5.94. The topological polar surface area (TPSA) is 52.0 Å². The standard InChI is InChI=1S/C17H20N4/c1-2-21(12-14-6-5-9-19-14)17-13(10-18)11-20-16-8-4-3-7-15(16)17/h3-4,7-8,11,14,19H,2,5-6,9,12H2,1H3. The number of nitrogens with one attached hydrogen (secondary N) is 1. The number of nitriles is 1. The highest BCUT2D eigenvalue weighted by Crippen LogP contribution is 2.29. The van der Waals surface area contributed by atoms with Crippen molar-refractivity contribution in [1.29, 1.82) is 5.26 Å². The molecule has 0 radical (unpaired) electrons. The number of benzene rings is 1. The number of hydrogen-bond donors (Lipinski definition) is 1. The van der Waals surface area contributed by atoms with Crippen LogP contribution in [0.2, 0.25) is 0 Å². The molecule has 1 saturated heterocycles. The van der Waals surface area contributed by atoms with Crippen LogP contribution in [0.3, 0.4) is 0 Å². The number of fused-ring (bicyclic) bond motifs is 1. The predicted octanol–water partition coefficient (Wildman–Crippen LogP) is 2.68. The third-order valence-electron chi connectivity index (χ3n) is 4.17. The minimum atomic E-state index is 0.517. The summed E-state index contributed by atoms with van der Waals surface area (Å²) in [7, 11) is 0. The van der Waals surface area contributed by atoms with Crippen molar-refractivity contribution >= 4 is 16.6 Å². The Morgan fingerprint density at radius 3 is 3.00 bits per heavy atom. The van der Waals surface area contributed by atoms with E-state index < -0.39 is 0 Å². The fraction of sp³-hybridized carbons (Fsp3) is 0.412. The Hall–Kier alpha value is -2.12. The molecule has 3 rings (SSSR count). The molecular weight excluding hydrogens is 260 g/mol. The molecule has 1 atom stereocenters. The van der Waals surface area contributed by atoms with Crippen LogP contribution < -0.4 is 10.2 Å². The number of anilines is 1. The lowest BCUT2D eigenvalue weighted by Crippen LogP contribution is -2.38. The lowest BCUT2D eigenvalue weighted by Gasteiger charge is -2.28. The minimum absolute atomic E-state index is 0.517. The first kappa shape index (κ1) is 13.8. The van der Waals surface area contributed by atoms with E-state index in [4.69, 9.17) is 0 Å². The highest BCUT2D eigenvalue weighted by Gasteiger charge is 2.20. The summed E-state index contributed by atoms with van der Waals surface area (Å²) in [6.45, 7) is 5.08. The predicted molar refractivity (Wildman–Crippen MR) is 85.4 cm³/mol. The average Bonchev–Trinajstić information content (AvgIpc) is 3.04. The van der Waals surface area contributed by atoms with E-state index in [1.54, 1.807) is 6.20 Å². The molecule has 0 aliphatic carbocycles. The Morgan fingerprint density at radius 2 is 2.29 bits per heavy atom. The van der Waals surface area contributed by atoms with Gasteiger partial charge in [0.15, 0.2) is 0 Å². The second-order valence-corrected chi connectivity index (χ2v) is 5.48. The third-order valence-corrected chi connectivity index (χ3v) is 4.17. The van der Waals surface area contributed by atoms with Gasteiger partial charge >= 0.3 is 0 Å². The summed E-state index contributed by atoms with van der Waals surface area (Å²) in [5.74, 6) is 0. The van der Waals surface area contributed by atoms with Crippen molar-refractivity contribution in [2.45, 2.75) is 25.8 Å². The van der Waals surface area contributed by atoms with Gasteiger partial charge in [0.1, 0.15) is 6.07 Å². The largest absolute Gasteiger partial charge is 0.369 e. The lowest BCUT2D eigenvalue weighted by molar-refractivity contribution is 0.587. The van der Waals surface area contributed by atoms with E-state index in [-0.39, 0.29) is 0 Å². The van der Waals surface area contributed by atoms with Gasteiger partial charge in [-0.2, -0.15) is 5.26 Å². The van der Waals surface area contributed by atoms with Gasteiger partial charge in [0, 0.05) is 30.7 Å². The molecule has 1 fully saturated rings. The molecule has 1 aliphatic heterocycles. The fourth-order valence-corrected chi connectivity index (χ4v) is 3.11. The first-order valence-corrected chi connectivity index (χ1v) is 7.59. The SMILES string of the molecule is CCN(CC1CCCN1)c1c(C#N)cnc2ccccc12. The molecule has 1 aromatic heterocycles. The maximum absolute atomic E-state index is 9.45. The van der Waals surface area contributed by atoms with Crippen LogP contribution in [0.25, 0.3) is 10.9 Å². The molecule has 0 spiro atoms. The molecule has 4 nitrogen and oxygen atoms in total. The first-order chi connectivity index (χ1) is 10.3. The number of para-hydroxylation sites is 1. The van der Waals surface area contributed by atoms with E-state index in [0.717, 1.165) is 36.2 Å². The zero-order chi connectivity index (χ0) is 14.7. The second kappa shape index (κ2) is 6.11. The van der Waals surface area contributed by atoms with Gasteiger partial charge in [-0.3, -0.25) is 4.98 Å². The number of aromatic nitrogens is 1. The molecule has 0 bridgehead atoms. The molecule has 1 aromatic carbocycles. The second-order valence-electron chi connectivity index (χ2n) is 5.48. The van der Waals surface area contributed by atoms with E-state index in [0.29, 0.717) is 11.6 Å². The van der Waals surface area contributed by atoms with Gasteiger partial charge in [0.05, 0.1) is 16.8 Å². The molecular formula is C17H20N4. The number of nitrogens with zero attached hydrogens (tertiary/aromatic N) is 3. The molecule has 4 heteroatoms. The van der Waals surface area contributed by atoms with Gasteiger partial charge in [0.25, 0.3) is 0 Å². The highest BCUT2D eigenvalue weighted by atomic mass is 15.2. The molecule has 108 valence electrons. The summed E-state index contributed by atoms with van der Waals surface area (Å²) in [5, 5.41) is 14.1. The first-order valence-electron chi connectivity index (χ1n) is 7.59. The van der Waals surface area contributed by atoms with Gasteiger partial charge in [-0.25, -0.2) is 0 Å². The van der Waals surface area contributed by atoms with Crippen LogP contribution in [0.15, 0.2) is 30.5 Å². The monoisotopic (exact) mass is 280 g/mol. The van der Waals surface area contributed by atoms with Crippen LogP contribution in [-0.2, 0) is 0 Å². The molecule has 21 heavy (non-hydrogen) atoms.